The molecule has 1 aromatic rings. The quantitative estimate of drug-likeness (QED) is 0.864. The number of nitrogens with zero attached hydrogens (tertiary/aromatic N) is 2. The van der Waals surface area contributed by atoms with E-state index < -0.39 is 5.97 Å². The zero-order valence-corrected chi connectivity index (χ0v) is 12.1. The molecule has 0 fully saturated rings. The van der Waals surface area contributed by atoms with E-state index in [0.717, 1.165) is 12.2 Å². The fourth-order valence-corrected chi connectivity index (χ4v) is 2.11. The summed E-state index contributed by atoms with van der Waals surface area (Å²) in [5, 5.41) is 8.86. The molecule has 0 aromatic carbocycles. The van der Waals surface area contributed by atoms with Crippen molar-refractivity contribution in [2.45, 2.75) is 19.4 Å². The molecule has 1 amide bonds. The SMILES string of the molecule is CSCCC(C)N(C)C(=O)c1cccc(C(=O)O)n1. The molecule has 0 aliphatic rings. The molecule has 1 unspecified atom stereocenters. The number of carboxylic acid groups (broad SMARTS) is 1. The third-order valence-corrected chi connectivity index (χ3v) is 3.55. The van der Waals surface area contributed by atoms with E-state index in [4.69, 9.17) is 5.11 Å². The van der Waals surface area contributed by atoms with Gasteiger partial charge in [0.2, 0.25) is 0 Å². The minimum absolute atomic E-state index is 0.0928. The van der Waals surface area contributed by atoms with Crippen molar-refractivity contribution >= 4 is 23.6 Å². The van der Waals surface area contributed by atoms with Gasteiger partial charge in [0.05, 0.1) is 0 Å². The largest absolute Gasteiger partial charge is 0.477 e. The number of amides is 1. The fraction of sp³-hybridized carbons (Fsp3) is 0.462. The van der Waals surface area contributed by atoms with Crippen LogP contribution in [0.3, 0.4) is 0 Å². The fourth-order valence-electron chi connectivity index (χ4n) is 1.54. The van der Waals surface area contributed by atoms with Crippen molar-refractivity contribution in [2.75, 3.05) is 19.1 Å². The summed E-state index contributed by atoms with van der Waals surface area (Å²) >= 11 is 1.73. The highest BCUT2D eigenvalue weighted by molar-refractivity contribution is 7.98. The summed E-state index contributed by atoms with van der Waals surface area (Å²) in [6, 6.07) is 4.53. The molecule has 1 rings (SSSR count). The second-order valence-corrected chi connectivity index (χ2v) is 5.25. The van der Waals surface area contributed by atoms with Gasteiger partial charge in [-0.1, -0.05) is 6.07 Å². The molecule has 6 heteroatoms. The van der Waals surface area contributed by atoms with Gasteiger partial charge >= 0.3 is 5.97 Å². The Balaban J connectivity index is 2.81. The van der Waals surface area contributed by atoms with Crippen LogP contribution in [0.1, 0.15) is 34.3 Å². The summed E-state index contributed by atoms with van der Waals surface area (Å²) in [5.74, 6) is -0.411. The number of hydrogen-bond acceptors (Lipinski definition) is 4. The van der Waals surface area contributed by atoms with Gasteiger partial charge < -0.3 is 10.0 Å². The van der Waals surface area contributed by atoms with Gasteiger partial charge in [-0.2, -0.15) is 11.8 Å². The van der Waals surface area contributed by atoms with E-state index in [-0.39, 0.29) is 23.3 Å². The topological polar surface area (TPSA) is 70.5 Å². The Morgan fingerprint density at radius 3 is 2.63 bits per heavy atom. The van der Waals surface area contributed by atoms with Crippen molar-refractivity contribution in [2.24, 2.45) is 0 Å². The molecular weight excluding hydrogens is 264 g/mol. The zero-order chi connectivity index (χ0) is 14.4. The Kier molecular flexibility index (Phi) is 5.82. The van der Waals surface area contributed by atoms with E-state index >= 15 is 0 Å². The van der Waals surface area contributed by atoms with Crippen LogP contribution in [0.5, 0.6) is 0 Å². The van der Waals surface area contributed by atoms with Crippen molar-refractivity contribution in [1.82, 2.24) is 9.88 Å². The third-order valence-electron chi connectivity index (χ3n) is 2.91. The summed E-state index contributed by atoms with van der Waals surface area (Å²) in [6.45, 7) is 1.97. The first kappa shape index (κ1) is 15.5. The predicted octanol–water partition coefficient (Wildman–Crippen LogP) is 1.99. The Labute approximate surface area is 117 Å². The minimum atomic E-state index is -1.13. The second kappa shape index (κ2) is 7.13. The number of thioether (sulfide) groups is 1. The van der Waals surface area contributed by atoms with Crippen molar-refractivity contribution in [3.05, 3.63) is 29.6 Å². The average molecular weight is 282 g/mol. The maximum Gasteiger partial charge on any atom is 0.354 e. The van der Waals surface area contributed by atoms with Crippen LogP contribution in [0.4, 0.5) is 0 Å². The van der Waals surface area contributed by atoms with Crippen molar-refractivity contribution in [3.8, 4) is 0 Å². The van der Waals surface area contributed by atoms with Gasteiger partial charge in [-0.05, 0) is 37.5 Å². The number of rotatable bonds is 6. The smallest absolute Gasteiger partial charge is 0.354 e. The predicted molar refractivity (Wildman–Crippen MR) is 75.8 cm³/mol. The van der Waals surface area contributed by atoms with Gasteiger partial charge in [0, 0.05) is 13.1 Å². The Morgan fingerprint density at radius 1 is 1.42 bits per heavy atom. The van der Waals surface area contributed by atoms with Crippen LogP contribution < -0.4 is 0 Å². The van der Waals surface area contributed by atoms with E-state index in [0.29, 0.717) is 0 Å². The minimum Gasteiger partial charge on any atom is -0.477 e. The molecule has 0 aliphatic carbocycles. The highest BCUT2D eigenvalue weighted by Crippen LogP contribution is 2.10. The van der Waals surface area contributed by atoms with Crippen LogP contribution in [-0.2, 0) is 0 Å². The molecule has 0 spiro atoms. The standard InChI is InChI=1S/C13H18N2O3S/c1-9(7-8-19-3)15(2)12(16)10-5-4-6-11(14-10)13(17)18/h4-6,9H,7-8H2,1-3H3,(H,17,18). The van der Waals surface area contributed by atoms with Crippen LogP contribution in [0, 0.1) is 0 Å². The summed E-state index contributed by atoms with van der Waals surface area (Å²) in [7, 11) is 1.71. The molecule has 5 nitrogen and oxygen atoms in total. The second-order valence-electron chi connectivity index (χ2n) is 4.26. The van der Waals surface area contributed by atoms with Crippen LogP contribution in [0.15, 0.2) is 18.2 Å². The molecule has 104 valence electrons. The molecule has 19 heavy (non-hydrogen) atoms. The molecule has 1 atom stereocenters. The maximum absolute atomic E-state index is 12.2. The summed E-state index contributed by atoms with van der Waals surface area (Å²) in [4.78, 5) is 28.5. The Hall–Kier alpha value is -1.56. The van der Waals surface area contributed by atoms with Gasteiger partial charge in [-0.3, -0.25) is 4.79 Å². The number of carbonyl (C=O) groups excluding carboxylic acids is 1. The summed E-state index contributed by atoms with van der Waals surface area (Å²) in [5.41, 5.74) is 0.0504. The van der Waals surface area contributed by atoms with Crippen LogP contribution in [-0.4, -0.2) is 52.0 Å². The molecule has 0 aliphatic heterocycles. The van der Waals surface area contributed by atoms with Gasteiger partial charge in [0.15, 0.2) is 0 Å². The summed E-state index contributed by atoms with van der Waals surface area (Å²) in [6.07, 6.45) is 2.91. The maximum atomic E-state index is 12.2. The monoisotopic (exact) mass is 282 g/mol. The first-order valence-corrected chi connectivity index (χ1v) is 7.33. The van der Waals surface area contributed by atoms with Crippen LogP contribution in [0.25, 0.3) is 0 Å². The highest BCUT2D eigenvalue weighted by Gasteiger charge is 2.19. The van der Waals surface area contributed by atoms with Crippen molar-refractivity contribution in [1.29, 1.82) is 0 Å². The molecule has 0 saturated heterocycles. The third kappa shape index (κ3) is 4.24. The molecule has 0 bridgehead atoms. The van der Waals surface area contributed by atoms with Crippen molar-refractivity contribution in [3.63, 3.8) is 0 Å². The number of aromatic carboxylic acids is 1. The lowest BCUT2D eigenvalue weighted by atomic mass is 10.2. The number of aromatic nitrogens is 1. The lowest BCUT2D eigenvalue weighted by Crippen LogP contribution is -2.36. The van der Waals surface area contributed by atoms with E-state index in [1.54, 1.807) is 23.7 Å². The van der Waals surface area contributed by atoms with E-state index in [9.17, 15) is 9.59 Å². The molecule has 1 aromatic heterocycles. The van der Waals surface area contributed by atoms with Crippen LogP contribution in [0.2, 0.25) is 0 Å². The van der Waals surface area contributed by atoms with Gasteiger partial charge in [-0.15, -0.1) is 0 Å². The normalized spacial score (nSPS) is 11.9. The molecule has 1 heterocycles. The molecule has 0 radical (unpaired) electrons. The van der Waals surface area contributed by atoms with E-state index in [2.05, 4.69) is 4.98 Å². The number of pyridine rings is 1. The first-order valence-electron chi connectivity index (χ1n) is 5.93. The van der Waals surface area contributed by atoms with Crippen LogP contribution >= 0.6 is 11.8 Å². The lowest BCUT2D eigenvalue weighted by Gasteiger charge is -2.24. The average Bonchev–Trinajstić information content (AvgIpc) is 2.43. The van der Waals surface area contributed by atoms with E-state index in [1.165, 1.54) is 18.2 Å². The number of carboxylic acids is 1. The van der Waals surface area contributed by atoms with Crippen molar-refractivity contribution < 1.29 is 14.7 Å². The first-order chi connectivity index (χ1) is 8.97. The molecule has 1 N–H and O–H groups in total. The number of carbonyl (C=O) groups is 2. The van der Waals surface area contributed by atoms with Gasteiger partial charge in [0.25, 0.3) is 5.91 Å². The highest BCUT2D eigenvalue weighted by atomic mass is 32.2. The number of hydrogen-bond donors (Lipinski definition) is 1. The molecule has 0 saturated carbocycles. The Morgan fingerprint density at radius 2 is 2.05 bits per heavy atom. The summed E-state index contributed by atoms with van der Waals surface area (Å²) < 4.78 is 0. The van der Waals surface area contributed by atoms with Gasteiger partial charge in [-0.25, -0.2) is 9.78 Å². The molecular formula is C13H18N2O3S. The van der Waals surface area contributed by atoms with E-state index in [1.807, 2.05) is 13.2 Å². The van der Waals surface area contributed by atoms with Gasteiger partial charge in [0.1, 0.15) is 11.4 Å². The zero-order valence-electron chi connectivity index (χ0n) is 11.3. The Bertz CT molecular complexity index is 465. The lowest BCUT2D eigenvalue weighted by molar-refractivity contribution is 0.0689.